The topological polar surface area (TPSA) is 34.4 Å². The molecule has 4 heteroatoms. The van der Waals surface area contributed by atoms with Gasteiger partial charge in [0.1, 0.15) is 11.5 Å². The average Bonchev–Trinajstić information content (AvgIpc) is 2.82. The zero-order valence-corrected chi connectivity index (χ0v) is 11.2. The molecule has 2 aromatic rings. The van der Waals surface area contributed by atoms with Crippen molar-refractivity contribution >= 4 is 15.9 Å². The minimum Gasteiger partial charge on any atom is -0.496 e. The summed E-state index contributed by atoms with van der Waals surface area (Å²) >= 11 is 3.47. The quantitative estimate of drug-likeness (QED) is 0.919. The van der Waals surface area contributed by atoms with E-state index in [9.17, 15) is 0 Å². The molecule has 0 aliphatic rings. The van der Waals surface area contributed by atoms with Crippen molar-refractivity contribution in [2.24, 2.45) is 0 Å². The maximum atomic E-state index is 5.24. The Bertz CT molecular complexity index is 468. The standard InChI is InChI=1S/C13H14BrNO2/c1-16-13-5-4-10(7-12(13)14)8-15-9-11-3-2-6-17-11/h2-7,15H,8-9H2,1H3. The maximum absolute atomic E-state index is 5.24. The molecule has 0 atom stereocenters. The summed E-state index contributed by atoms with van der Waals surface area (Å²) in [6.45, 7) is 1.53. The van der Waals surface area contributed by atoms with E-state index >= 15 is 0 Å². The highest BCUT2D eigenvalue weighted by Crippen LogP contribution is 2.25. The molecule has 0 saturated heterocycles. The van der Waals surface area contributed by atoms with Gasteiger partial charge in [0.05, 0.1) is 24.4 Å². The number of methoxy groups -OCH3 is 1. The van der Waals surface area contributed by atoms with Crippen LogP contribution >= 0.6 is 15.9 Å². The molecule has 0 bridgehead atoms. The third kappa shape index (κ3) is 3.35. The van der Waals surface area contributed by atoms with Crippen LogP contribution in [0.1, 0.15) is 11.3 Å². The van der Waals surface area contributed by atoms with Gasteiger partial charge in [-0.05, 0) is 45.8 Å². The van der Waals surface area contributed by atoms with Crippen molar-refractivity contribution < 1.29 is 9.15 Å². The average molecular weight is 296 g/mol. The number of benzene rings is 1. The minimum atomic E-state index is 0.733. The van der Waals surface area contributed by atoms with E-state index in [0.29, 0.717) is 0 Å². The van der Waals surface area contributed by atoms with Crippen molar-refractivity contribution in [2.75, 3.05) is 7.11 Å². The molecule has 90 valence electrons. The van der Waals surface area contributed by atoms with Gasteiger partial charge in [0.2, 0.25) is 0 Å². The Morgan fingerprint density at radius 3 is 2.82 bits per heavy atom. The zero-order valence-electron chi connectivity index (χ0n) is 9.57. The van der Waals surface area contributed by atoms with Gasteiger partial charge in [-0.1, -0.05) is 6.07 Å². The summed E-state index contributed by atoms with van der Waals surface area (Å²) in [5.41, 5.74) is 1.20. The number of nitrogens with one attached hydrogen (secondary N) is 1. The lowest BCUT2D eigenvalue weighted by atomic mass is 10.2. The second-order valence-corrected chi connectivity index (χ2v) is 4.51. The van der Waals surface area contributed by atoms with E-state index in [2.05, 4.69) is 21.2 Å². The third-order valence-corrected chi connectivity index (χ3v) is 3.04. The fourth-order valence-electron chi connectivity index (χ4n) is 1.56. The van der Waals surface area contributed by atoms with Crippen molar-refractivity contribution in [3.8, 4) is 5.75 Å². The fourth-order valence-corrected chi connectivity index (χ4v) is 2.15. The molecule has 2 rings (SSSR count). The van der Waals surface area contributed by atoms with Crippen molar-refractivity contribution in [1.82, 2.24) is 5.32 Å². The van der Waals surface area contributed by atoms with Crippen LogP contribution in [0.4, 0.5) is 0 Å². The Morgan fingerprint density at radius 1 is 1.29 bits per heavy atom. The smallest absolute Gasteiger partial charge is 0.133 e. The Balaban J connectivity index is 1.89. The number of rotatable bonds is 5. The van der Waals surface area contributed by atoms with Crippen molar-refractivity contribution in [3.05, 3.63) is 52.4 Å². The number of ether oxygens (including phenoxy) is 1. The molecule has 0 aliphatic carbocycles. The highest BCUT2D eigenvalue weighted by molar-refractivity contribution is 9.10. The first kappa shape index (κ1) is 12.2. The summed E-state index contributed by atoms with van der Waals surface area (Å²) in [7, 11) is 1.66. The summed E-state index contributed by atoms with van der Waals surface area (Å²) in [4.78, 5) is 0. The highest BCUT2D eigenvalue weighted by atomic mass is 79.9. The van der Waals surface area contributed by atoms with Gasteiger partial charge < -0.3 is 14.5 Å². The van der Waals surface area contributed by atoms with Gasteiger partial charge in [-0.3, -0.25) is 0 Å². The van der Waals surface area contributed by atoms with Crippen LogP contribution in [0.5, 0.6) is 5.75 Å². The van der Waals surface area contributed by atoms with Crippen LogP contribution in [0, 0.1) is 0 Å². The number of hydrogen-bond acceptors (Lipinski definition) is 3. The summed E-state index contributed by atoms with van der Waals surface area (Å²) in [6.07, 6.45) is 1.68. The Labute approximate surface area is 109 Å². The van der Waals surface area contributed by atoms with Gasteiger partial charge in [-0.25, -0.2) is 0 Å². The fraction of sp³-hybridized carbons (Fsp3) is 0.231. The van der Waals surface area contributed by atoms with Crippen LogP contribution in [-0.4, -0.2) is 7.11 Å². The zero-order chi connectivity index (χ0) is 12.1. The predicted molar refractivity (Wildman–Crippen MR) is 69.9 cm³/mol. The number of furan rings is 1. The second-order valence-electron chi connectivity index (χ2n) is 3.65. The van der Waals surface area contributed by atoms with Gasteiger partial charge in [0.15, 0.2) is 0 Å². The maximum Gasteiger partial charge on any atom is 0.133 e. The van der Waals surface area contributed by atoms with Crippen LogP contribution in [0.15, 0.2) is 45.5 Å². The lowest BCUT2D eigenvalue weighted by Crippen LogP contribution is -2.12. The molecule has 0 fully saturated rings. The molecule has 1 aromatic heterocycles. The molecule has 0 radical (unpaired) electrons. The molecular formula is C13H14BrNO2. The Kier molecular flexibility index (Phi) is 4.23. The summed E-state index contributed by atoms with van der Waals surface area (Å²) in [6, 6.07) is 9.89. The SMILES string of the molecule is COc1ccc(CNCc2ccco2)cc1Br. The monoisotopic (exact) mass is 295 g/mol. The van der Waals surface area contributed by atoms with Gasteiger partial charge in [-0.15, -0.1) is 0 Å². The predicted octanol–water partition coefficient (Wildman–Crippen LogP) is 3.34. The Hall–Kier alpha value is -1.26. The van der Waals surface area contributed by atoms with E-state index in [1.807, 2.05) is 30.3 Å². The molecular weight excluding hydrogens is 282 g/mol. The molecule has 17 heavy (non-hydrogen) atoms. The van der Waals surface area contributed by atoms with Gasteiger partial charge >= 0.3 is 0 Å². The van der Waals surface area contributed by atoms with Gasteiger partial charge in [-0.2, -0.15) is 0 Å². The van der Waals surface area contributed by atoms with Gasteiger partial charge in [0.25, 0.3) is 0 Å². The third-order valence-electron chi connectivity index (χ3n) is 2.42. The van der Waals surface area contributed by atoms with Crippen molar-refractivity contribution in [3.63, 3.8) is 0 Å². The first-order valence-electron chi connectivity index (χ1n) is 5.35. The second kappa shape index (κ2) is 5.89. The molecule has 0 saturated carbocycles. The lowest BCUT2D eigenvalue weighted by molar-refractivity contribution is 0.412. The molecule has 0 unspecified atom stereocenters. The van der Waals surface area contributed by atoms with Crippen LogP contribution in [0.2, 0.25) is 0 Å². The van der Waals surface area contributed by atoms with Crippen molar-refractivity contribution in [1.29, 1.82) is 0 Å². The van der Waals surface area contributed by atoms with E-state index in [1.54, 1.807) is 13.4 Å². The molecule has 1 heterocycles. The van der Waals surface area contributed by atoms with E-state index in [1.165, 1.54) is 5.56 Å². The highest BCUT2D eigenvalue weighted by Gasteiger charge is 2.01. The summed E-state index contributed by atoms with van der Waals surface area (Å²) in [5, 5.41) is 3.31. The first-order valence-corrected chi connectivity index (χ1v) is 6.14. The summed E-state index contributed by atoms with van der Waals surface area (Å²) < 4.78 is 11.4. The molecule has 3 nitrogen and oxygen atoms in total. The van der Waals surface area contributed by atoms with E-state index < -0.39 is 0 Å². The number of halogens is 1. The van der Waals surface area contributed by atoms with Gasteiger partial charge in [0, 0.05) is 6.54 Å². The van der Waals surface area contributed by atoms with E-state index in [-0.39, 0.29) is 0 Å². The van der Waals surface area contributed by atoms with Crippen LogP contribution in [0.25, 0.3) is 0 Å². The van der Waals surface area contributed by atoms with Crippen LogP contribution < -0.4 is 10.1 Å². The molecule has 0 aliphatic heterocycles. The molecule has 0 spiro atoms. The normalized spacial score (nSPS) is 10.5. The largest absolute Gasteiger partial charge is 0.496 e. The molecule has 1 N–H and O–H groups in total. The Morgan fingerprint density at radius 2 is 2.18 bits per heavy atom. The van der Waals surface area contributed by atoms with Crippen LogP contribution in [0.3, 0.4) is 0 Å². The van der Waals surface area contributed by atoms with Crippen molar-refractivity contribution in [2.45, 2.75) is 13.1 Å². The summed E-state index contributed by atoms with van der Waals surface area (Å²) in [5.74, 6) is 1.79. The number of hydrogen-bond donors (Lipinski definition) is 1. The minimum absolute atomic E-state index is 0.733. The molecule has 1 aromatic carbocycles. The van der Waals surface area contributed by atoms with E-state index in [0.717, 1.165) is 29.1 Å². The molecule has 0 amide bonds. The van der Waals surface area contributed by atoms with Crippen LogP contribution in [-0.2, 0) is 13.1 Å². The van der Waals surface area contributed by atoms with E-state index in [4.69, 9.17) is 9.15 Å². The lowest BCUT2D eigenvalue weighted by Gasteiger charge is -2.07. The first-order chi connectivity index (χ1) is 8.29.